The van der Waals surface area contributed by atoms with Gasteiger partial charge in [0, 0.05) is 0 Å². The van der Waals surface area contributed by atoms with Gasteiger partial charge < -0.3 is 0 Å². The molecule has 4 heteroatoms. The van der Waals surface area contributed by atoms with Gasteiger partial charge in [0.1, 0.15) is 0 Å². The predicted molar refractivity (Wildman–Crippen MR) is 142 cm³/mol. The normalized spacial score (nSPS) is 12.6. The van der Waals surface area contributed by atoms with Crippen molar-refractivity contribution in [2.45, 2.75) is 6.42 Å². The van der Waals surface area contributed by atoms with Gasteiger partial charge in [-0.1, -0.05) is 0 Å². The molecule has 0 radical (unpaired) electrons. The van der Waals surface area contributed by atoms with Gasteiger partial charge in [-0.3, -0.25) is 0 Å². The Kier molecular flexibility index (Phi) is 6.57. The molecular weight excluding hydrogens is 531 g/mol. The van der Waals surface area contributed by atoms with Crippen LogP contribution in [-0.4, -0.2) is 11.9 Å². The number of carbonyl (C=O) groups excluding carboxylic acids is 1. The molecule has 0 unspecified atom stereocenters. The summed E-state index contributed by atoms with van der Waals surface area (Å²) in [5.41, 5.74) is 0.745. The van der Waals surface area contributed by atoms with E-state index in [2.05, 4.69) is 104 Å². The van der Waals surface area contributed by atoms with Gasteiger partial charge in [0.05, 0.1) is 0 Å². The molecule has 0 bridgehead atoms. The van der Waals surface area contributed by atoms with Crippen LogP contribution >= 0.6 is 36.7 Å². The van der Waals surface area contributed by atoms with Crippen molar-refractivity contribution in [3.63, 3.8) is 0 Å². The summed E-state index contributed by atoms with van der Waals surface area (Å²) in [5, 5.41) is 0.629. The molecule has 0 atom stereocenters. The molecule has 0 saturated heterocycles. The third-order valence-corrected chi connectivity index (χ3v) is 16.3. The van der Waals surface area contributed by atoms with E-state index in [-0.39, 0.29) is 5.78 Å². The van der Waals surface area contributed by atoms with Crippen LogP contribution in [0.2, 0.25) is 0 Å². The number of hydrogen-bond acceptors (Lipinski definition) is 1. The summed E-state index contributed by atoms with van der Waals surface area (Å²) < 4.78 is 0.974. The summed E-state index contributed by atoms with van der Waals surface area (Å²) in [5.74, 6) is 0.156. The Balaban J connectivity index is 1.88. The first-order valence-electron chi connectivity index (χ1n) is 10.2. The van der Waals surface area contributed by atoms with Gasteiger partial charge >= 0.3 is 201 Å². The monoisotopic (exact) mass is 552 g/mol. The minimum atomic E-state index is -3.06. The second kappa shape index (κ2) is 9.20. The SMILES string of the molecule is O=C(CCP(Br)(c1ccccc1)(c1ccccc1)c1ccccc1)c1ccc(Br)cc1. The molecular formula is C27H23Br2OP. The summed E-state index contributed by atoms with van der Waals surface area (Å²) >= 11 is 7.85. The topological polar surface area (TPSA) is 17.1 Å². The first kappa shape index (κ1) is 22.1. The van der Waals surface area contributed by atoms with Crippen LogP contribution in [-0.2, 0) is 0 Å². The maximum atomic E-state index is 13.2. The molecule has 0 aromatic heterocycles. The van der Waals surface area contributed by atoms with Crippen molar-refractivity contribution >= 4 is 58.4 Å². The van der Waals surface area contributed by atoms with Crippen LogP contribution in [0.25, 0.3) is 0 Å². The van der Waals surface area contributed by atoms with Crippen LogP contribution in [0.15, 0.2) is 120 Å². The standard InChI is InChI=1S/C27H23Br2OP/c28-23-18-16-22(17-19-23)27(30)20-21-31(29,24-10-4-1-5-11-24,25-12-6-2-7-13-25)26-14-8-3-9-15-26/h1-19H,20-21H2. The second-order valence-corrected chi connectivity index (χ2v) is 17.6. The van der Waals surface area contributed by atoms with Gasteiger partial charge in [0.25, 0.3) is 0 Å². The molecule has 1 nitrogen and oxygen atoms in total. The molecule has 0 heterocycles. The van der Waals surface area contributed by atoms with Gasteiger partial charge in [-0.05, 0) is 0 Å². The minimum absolute atomic E-state index is 0.156. The summed E-state index contributed by atoms with van der Waals surface area (Å²) in [7, 11) is 0. The number of ketones is 1. The third-order valence-electron chi connectivity index (χ3n) is 5.81. The Morgan fingerprint density at radius 2 is 1.00 bits per heavy atom. The van der Waals surface area contributed by atoms with E-state index >= 15 is 0 Å². The van der Waals surface area contributed by atoms with Crippen LogP contribution in [0.1, 0.15) is 16.8 Å². The van der Waals surface area contributed by atoms with E-state index in [0.29, 0.717) is 12.6 Å². The first-order valence-corrected chi connectivity index (χ1v) is 15.4. The van der Waals surface area contributed by atoms with E-state index in [9.17, 15) is 4.79 Å². The van der Waals surface area contributed by atoms with Gasteiger partial charge in [0.15, 0.2) is 0 Å². The molecule has 156 valence electrons. The number of rotatable bonds is 7. The van der Waals surface area contributed by atoms with Crippen LogP contribution in [0.3, 0.4) is 0 Å². The molecule has 4 rings (SSSR count). The quantitative estimate of drug-likeness (QED) is 0.180. The van der Waals surface area contributed by atoms with Crippen molar-refractivity contribution in [1.82, 2.24) is 0 Å². The van der Waals surface area contributed by atoms with E-state index in [1.165, 1.54) is 15.9 Å². The molecule has 0 aliphatic rings. The molecule has 0 saturated carbocycles. The van der Waals surface area contributed by atoms with Crippen molar-refractivity contribution in [1.29, 1.82) is 0 Å². The zero-order chi connectivity index (χ0) is 21.8. The van der Waals surface area contributed by atoms with Crippen LogP contribution in [0.4, 0.5) is 0 Å². The Hall–Kier alpha value is -2.06. The molecule has 31 heavy (non-hydrogen) atoms. The molecule has 4 aromatic rings. The summed E-state index contributed by atoms with van der Waals surface area (Å²) in [6.07, 6.45) is 1.15. The van der Waals surface area contributed by atoms with E-state index in [0.717, 1.165) is 10.0 Å². The van der Waals surface area contributed by atoms with E-state index in [1.54, 1.807) is 0 Å². The first-order chi connectivity index (χ1) is 15.0. The second-order valence-electron chi connectivity index (χ2n) is 7.59. The summed E-state index contributed by atoms with van der Waals surface area (Å²) in [4.78, 5) is 13.2. The zero-order valence-corrected chi connectivity index (χ0v) is 21.1. The van der Waals surface area contributed by atoms with Crippen molar-refractivity contribution < 1.29 is 4.79 Å². The van der Waals surface area contributed by atoms with Gasteiger partial charge in [0.2, 0.25) is 0 Å². The van der Waals surface area contributed by atoms with E-state index in [1.807, 2.05) is 42.5 Å². The summed E-state index contributed by atoms with van der Waals surface area (Å²) in [6.45, 7) is 0. The fourth-order valence-corrected chi connectivity index (χ4v) is 11.7. The molecule has 0 aliphatic heterocycles. The Bertz CT molecular complexity index is 1060. The number of Topliss-reactive ketones (excluding diaryl/α,β-unsaturated/α-hetero) is 1. The van der Waals surface area contributed by atoms with Gasteiger partial charge in [-0.15, -0.1) is 0 Å². The van der Waals surface area contributed by atoms with Crippen LogP contribution in [0.5, 0.6) is 0 Å². The average Bonchev–Trinajstić information content (AvgIpc) is 2.84. The van der Waals surface area contributed by atoms with Crippen molar-refractivity contribution in [2.24, 2.45) is 0 Å². The van der Waals surface area contributed by atoms with Gasteiger partial charge in [-0.2, -0.15) is 0 Å². The molecule has 0 amide bonds. The average molecular weight is 554 g/mol. The van der Waals surface area contributed by atoms with Crippen LogP contribution < -0.4 is 15.9 Å². The summed E-state index contributed by atoms with van der Waals surface area (Å²) in [6, 6.07) is 39.4. The third kappa shape index (κ3) is 4.20. The fourth-order valence-electron chi connectivity index (χ4n) is 4.14. The predicted octanol–water partition coefficient (Wildman–Crippen LogP) is 6.86. The molecule has 0 fully saturated rings. The number of halogens is 2. The number of carbonyl (C=O) groups is 1. The Morgan fingerprint density at radius 1 is 0.613 bits per heavy atom. The number of benzene rings is 4. The molecule has 0 spiro atoms. The maximum absolute atomic E-state index is 13.2. The van der Waals surface area contributed by atoms with Crippen molar-refractivity contribution in [3.8, 4) is 0 Å². The van der Waals surface area contributed by atoms with Crippen molar-refractivity contribution in [2.75, 3.05) is 6.16 Å². The molecule has 0 N–H and O–H groups in total. The fraction of sp³-hybridized carbons (Fsp3) is 0.0741. The molecule has 4 aromatic carbocycles. The van der Waals surface area contributed by atoms with Crippen molar-refractivity contribution in [3.05, 3.63) is 125 Å². The van der Waals surface area contributed by atoms with Gasteiger partial charge in [-0.25, -0.2) is 0 Å². The van der Waals surface area contributed by atoms with E-state index < -0.39 is 5.31 Å². The number of hydrogen-bond donors (Lipinski definition) is 0. The van der Waals surface area contributed by atoms with Crippen LogP contribution in [0, 0.1) is 0 Å². The Labute approximate surface area is 200 Å². The zero-order valence-electron chi connectivity index (χ0n) is 17.0. The molecule has 0 aliphatic carbocycles. The van der Waals surface area contributed by atoms with E-state index in [4.69, 9.17) is 0 Å². The Morgan fingerprint density at radius 3 is 1.39 bits per heavy atom.